The molecule has 0 aliphatic rings. The molecule has 10 heteroatoms. The van der Waals surface area contributed by atoms with Crippen molar-refractivity contribution in [2.45, 2.75) is 51.9 Å². The van der Waals surface area contributed by atoms with Gasteiger partial charge in [0.05, 0.1) is 28.9 Å². The van der Waals surface area contributed by atoms with E-state index in [4.69, 9.17) is 21.1 Å². The Bertz CT molecular complexity index is 1300. The van der Waals surface area contributed by atoms with Crippen LogP contribution in [0.15, 0.2) is 60.8 Å². The highest BCUT2D eigenvalue weighted by molar-refractivity contribution is 6.32. The quantitative estimate of drug-likeness (QED) is 0.279. The summed E-state index contributed by atoms with van der Waals surface area (Å²) in [5.74, 6) is -0.158. The summed E-state index contributed by atoms with van der Waals surface area (Å²) >= 11 is 6.54. The molecular formula is C28H31ClF3N3O3. The number of aryl methyl sites for hydroxylation is 1. The second-order valence-corrected chi connectivity index (χ2v) is 9.83. The van der Waals surface area contributed by atoms with E-state index in [1.165, 1.54) is 12.1 Å². The number of aromatic nitrogens is 2. The lowest BCUT2D eigenvalue weighted by molar-refractivity contribution is -0.158. The molecule has 3 aromatic rings. The number of hydrogen-bond donors (Lipinski definition) is 1. The van der Waals surface area contributed by atoms with E-state index in [2.05, 4.69) is 17.0 Å². The SMILES string of the molecule is C=C(C)NC(Cc1cc(-c2ccc(C(F)(F)F)cc2)nn1C)c1ccc(OC(C)(C)C(=O)OCC)c(Cl)c1. The first-order chi connectivity index (χ1) is 17.7. The molecule has 6 nitrogen and oxygen atoms in total. The van der Waals surface area contributed by atoms with E-state index in [0.29, 0.717) is 28.5 Å². The second kappa shape index (κ2) is 11.5. The largest absolute Gasteiger partial charge is 0.475 e. The fourth-order valence-electron chi connectivity index (χ4n) is 3.86. The number of esters is 1. The van der Waals surface area contributed by atoms with Gasteiger partial charge in [-0.05, 0) is 63.6 Å². The molecule has 0 saturated heterocycles. The van der Waals surface area contributed by atoms with Crippen LogP contribution in [-0.4, -0.2) is 28.0 Å². The summed E-state index contributed by atoms with van der Waals surface area (Å²) < 4.78 is 51.4. The highest BCUT2D eigenvalue weighted by atomic mass is 35.5. The van der Waals surface area contributed by atoms with Gasteiger partial charge in [-0.1, -0.05) is 36.4 Å². The molecule has 1 aromatic heterocycles. The molecule has 0 saturated carbocycles. The van der Waals surface area contributed by atoms with Gasteiger partial charge in [-0.2, -0.15) is 18.3 Å². The third-order valence-corrected chi connectivity index (χ3v) is 6.10. The van der Waals surface area contributed by atoms with Crippen molar-refractivity contribution < 1.29 is 27.4 Å². The molecule has 1 atom stereocenters. The molecule has 1 unspecified atom stereocenters. The van der Waals surface area contributed by atoms with Crippen LogP contribution in [0.1, 0.15) is 50.6 Å². The van der Waals surface area contributed by atoms with E-state index < -0.39 is 23.3 Å². The third-order valence-electron chi connectivity index (χ3n) is 5.81. The van der Waals surface area contributed by atoms with Crippen LogP contribution < -0.4 is 10.1 Å². The highest BCUT2D eigenvalue weighted by Crippen LogP contribution is 2.34. The lowest BCUT2D eigenvalue weighted by Crippen LogP contribution is -2.39. The summed E-state index contributed by atoms with van der Waals surface area (Å²) in [6, 6.07) is 11.8. The zero-order valence-electron chi connectivity index (χ0n) is 21.9. The number of rotatable bonds is 10. The first-order valence-electron chi connectivity index (χ1n) is 12.0. The van der Waals surface area contributed by atoms with E-state index >= 15 is 0 Å². The Morgan fingerprint density at radius 2 is 1.82 bits per heavy atom. The number of ether oxygens (including phenoxy) is 2. The van der Waals surface area contributed by atoms with Gasteiger partial charge in [0.2, 0.25) is 0 Å². The molecule has 2 aromatic carbocycles. The Morgan fingerprint density at radius 1 is 1.16 bits per heavy atom. The molecule has 0 amide bonds. The zero-order chi connectivity index (χ0) is 28.3. The van der Waals surface area contributed by atoms with Crippen molar-refractivity contribution in [1.82, 2.24) is 15.1 Å². The molecule has 3 rings (SSSR count). The molecule has 0 aliphatic heterocycles. The topological polar surface area (TPSA) is 65.4 Å². The highest BCUT2D eigenvalue weighted by Gasteiger charge is 2.33. The first kappa shape index (κ1) is 29.1. The molecular weight excluding hydrogens is 519 g/mol. The van der Waals surface area contributed by atoms with Crippen LogP contribution in [0.4, 0.5) is 13.2 Å². The van der Waals surface area contributed by atoms with Gasteiger partial charge in [-0.3, -0.25) is 4.68 Å². The van der Waals surface area contributed by atoms with Gasteiger partial charge in [-0.25, -0.2) is 4.79 Å². The smallest absolute Gasteiger partial charge is 0.416 e. The number of alkyl halides is 3. The molecule has 1 heterocycles. The van der Waals surface area contributed by atoms with Crippen LogP contribution in [-0.2, 0) is 29.2 Å². The second-order valence-electron chi connectivity index (χ2n) is 9.42. The Hall–Kier alpha value is -3.46. The Labute approximate surface area is 225 Å². The maximum atomic E-state index is 12.9. The molecule has 0 spiro atoms. The van der Waals surface area contributed by atoms with Crippen molar-refractivity contribution in [3.05, 3.63) is 82.7 Å². The lowest BCUT2D eigenvalue weighted by atomic mass is 10.0. The van der Waals surface area contributed by atoms with E-state index in [9.17, 15) is 18.0 Å². The summed E-state index contributed by atoms with van der Waals surface area (Å²) in [7, 11) is 1.78. The monoisotopic (exact) mass is 549 g/mol. The number of allylic oxidation sites excluding steroid dienone is 1. The minimum atomic E-state index is -4.40. The van der Waals surface area contributed by atoms with Gasteiger partial charge in [0.15, 0.2) is 5.60 Å². The summed E-state index contributed by atoms with van der Waals surface area (Å²) in [6.07, 6.45) is -3.91. The van der Waals surface area contributed by atoms with E-state index in [-0.39, 0.29) is 12.6 Å². The fraction of sp³-hybridized carbons (Fsp3) is 0.357. The predicted molar refractivity (Wildman–Crippen MR) is 141 cm³/mol. The van der Waals surface area contributed by atoms with Gasteiger partial charge >= 0.3 is 12.1 Å². The lowest BCUT2D eigenvalue weighted by Gasteiger charge is -2.26. The molecule has 204 valence electrons. The number of carbonyl (C=O) groups excluding carboxylic acids is 1. The normalized spacial score (nSPS) is 12.7. The average Bonchev–Trinajstić information content (AvgIpc) is 3.19. The number of hydrogen-bond acceptors (Lipinski definition) is 5. The van der Waals surface area contributed by atoms with Crippen LogP contribution in [0.25, 0.3) is 11.3 Å². The van der Waals surface area contributed by atoms with E-state index in [0.717, 1.165) is 29.1 Å². The Kier molecular flexibility index (Phi) is 8.82. The summed E-state index contributed by atoms with van der Waals surface area (Å²) in [6.45, 7) is 11.0. The fourth-order valence-corrected chi connectivity index (χ4v) is 4.09. The first-order valence-corrected chi connectivity index (χ1v) is 12.4. The minimum absolute atomic E-state index is 0.237. The molecule has 0 fully saturated rings. The number of nitrogens with zero attached hydrogens (tertiary/aromatic N) is 2. The van der Waals surface area contributed by atoms with Gasteiger partial charge in [-0.15, -0.1) is 0 Å². The maximum Gasteiger partial charge on any atom is 0.416 e. The van der Waals surface area contributed by atoms with Crippen LogP contribution in [0, 0.1) is 0 Å². The maximum absolute atomic E-state index is 12.9. The van der Waals surface area contributed by atoms with Crippen LogP contribution in [0.3, 0.4) is 0 Å². The van der Waals surface area contributed by atoms with Crippen molar-refractivity contribution in [1.29, 1.82) is 0 Å². The van der Waals surface area contributed by atoms with Crippen molar-refractivity contribution in [3.63, 3.8) is 0 Å². The summed E-state index contributed by atoms with van der Waals surface area (Å²) in [4.78, 5) is 12.2. The van der Waals surface area contributed by atoms with Crippen LogP contribution in [0.2, 0.25) is 5.02 Å². The number of benzene rings is 2. The van der Waals surface area contributed by atoms with E-state index in [1.54, 1.807) is 44.6 Å². The molecule has 0 bridgehead atoms. The number of nitrogens with one attached hydrogen (secondary N) is 1. The van der Waals surface area contributed by atoms with Gasteiger partial charge in [0, 0.05) is 30.4 Å². The van der Waals surface area contributed by atoms with Crippen molar-refractivity contribution in [2.75, 3.05) is 6.61 Å². The van der Waals surface area contributed by atoms with Gasteiger partial charge in [0.1, 0.15) is 5.75 Å². The van der Waals surface area contributed by atoms with Crippen molar-refractivity contribution >= 4 is 17.6 Å². The van der Waals surface area contributed by atoms with Crippen LogP contribution >= 0.6 is 11.6 Å². The summed E-state index contributed by atoms with van der Waals surface area (Å²) in [5.41, 5.74) is 1.64. The van der Waals surface area contributed by atoms with E-state index in [1.807, 2.05) is 19.1 Å². The van der Waals surface area contributed by atoms with Crippen LogP contribution in [0.5, 0.6) is 5.75 Å². The minimum Gasteiger partial charge on any atom is -0.475 e. The Balaban J connectivity index is 1.85. The predicted octanol–water partition coefficient (Wildman–Crippen LogP) is 6.89. The number of carbonyl (C=O) groups is 1. The molecule has 1 N–H and O–H groups in total. The number of halogens is 4. The molecule has 0 aliphatic carbocycles. The van der Waals surface area contributed by atoms with Crippen molar-refractivity contribution in [3.8, 4) is 17.0 Å². The standard InChI is InChI=1S/C28H31ClF3N3O3/c1-7-37-26(36)27(4,5)38-25-13-10-19(14-22(25)29)23(33-17(2)3)15-21-16-24(34-35(21)6)18-8-11-20(12-9-18)28(30,31)32/h8-14,16,23,33H,2,7,15H2,1,3-6H3. The van der Waals surface area contributed by atoms with Gasteiger partial charge < -0.3 is 14.8 Å². The van der Waals surface area contributed by atoms with Crippen molar-refractivity contribution in [2.24, 2.45) is 7.05 Å². The zero-order valence-corrected chi connectivity index (χ0v) is 22.7. The summed E-state index contributed by atoms with van der Waals surface area (Å²) in [5, 5.41) is 8.16. The Morgan fingerprint density at radius 3 is 2.37 bits per heavy atom. The average molecular weight is 550 g/mol. The third kappa shape index (κ3) is 7.10. The van der Waals surface area contributed by atoms with Gasteiger partial charge in [0.25, 0.3) is 0 Å². The molecule has 38 heavy (non-hydrogen) atoms. The molecule has 0 radical (unpaired) electrons.